The van der Waals surface area contributed by atoms with E-state index in [1.807, 2.05) is 26.1 Å². The number of benzene rings is 2. The SMILES string of the molecule is CNC(C)c1cc(OC)c(OC)c(-c2ccccc2F)c1. The van der Waals surface area contributed by atoms with E-state index >= 15 is 0 Å². The van der Waals surface area contributed by atoms with E-state index in [1.54, 1.807) is 32.4 Å². The molecule has 1 unspecified atom stereocenters. The lowest BCUT2D eigenvalue weighted by Crippen LogP contribution is -2.12. The molecule has 0 amide bonds. The summed E-state index contributed by atoms with van der Waals surface area (Å²) in [4.78, 5) is 0. The van der Waals surface area contributed by atoms with Crippen molar-refractivity contribution in [3.63, 3.8) is 0 Å². The molecule has 0 aliphatic rings. The minimum absolute atomic E-state index is 0.121. The lowest BCUT2D eigenvalue weighted by atomic mass is 9.98. The minimum Gasteiger partial charge on any atom is -0.493 e. The average molecular weight is 289 g/mol. The molecule has 0 saturated heterocycles. The van der Waals surface area contributed by atoms with Gasteiger partial charge in [0.15, 0.2) is 11.5 Å². The van der Waals surface area contributed by atoms with E-state index < -0.39 is 0 Å². The molecule has 112 valence electrons. The second kappa shape index (κ2) is 6.59. The molecule has 21 heavy (non-hydrogen) atoms. The Morgan fingerprint density at radius 2 is 1.76 bits per heavy atom. The predicted octanol–water partition coefficient (Wildman–Crippen LogP) is 3.79. The van der Waals surface area contributed by atoms with Crippen molar-refractivity contribution < 1.29 is 13.9 Å². The Labute approximate surface area is 124 Å². The third kappa shape index (κ3) is 3.00. The smallest absolute Gasteiger partial charge is 0.168 e. The molecule has 1 N–H and O–H groups in total. The van der Waals surface area contributed by atoms with Gasteiger partial charge in [0.2, 0.25) is 0 Å². The maximum atomic E-state index is 14.1. The molecular formula is C17H20FNO2. The third-order valence-corrected chi connectivity index (χ3v) is 3.60. The second-order valence-electron chi connectivity index (χ2n) is 4.79. The van der Waals surface area contributed by atoms with E-state index in [9.17, 15) is 4.39 Å². The Morgan fingerprint density at radius 1 is 1.05 bits per heavy atom. The van der Waals surface area contributed by atoms with Crippen LogP contribution in [0.3, 0.4) is 0 Å². The number of halogens is 1. The van der Waals surface area contributed by atoms with Gasteiger partial charge in [-0.1, -0.05) is 18.2 Å². The van der Waals surface area contributed by atoms with Gasteiger partial charge >= 0.3 is 0 Å². The Bertz CT molecular complexity index is 628. The first-order valence-corrected chi connectivity index (χ1v) is 6.80. The molecule has 0 aliphatic heterocycles. The van der Waals surface area contributed by atoms with E-state index in [-0.39, 0.29) is 11.9 Å². The van der Waals surface area contributed by atoms with E-state index in [2.05, 4.69) is 5.32 Å². The van der Waals surface area contributed by atoms with Crippen LogP contribution in [0, 0.1) is 5.82 Å². The van der Waals surface area contributed by atoms with Gasteiger partial charge < -0.3 is 14.8 Å². The van der Waals surface area contributed by atoms with E-state index in [1.165, 1.54) is 6.07 Å². The summed E-state index contributed by atoms with van der Waals surface area (Å²) in [6, 6.07) is 10.6. The highest BCUT2D eigenvalue weighted by atomic mass is 19.1. The largest absolute Gasteiger partial charge is 0.493 e. The van der Waals surface area contributed by atoms with Crippen LogP contribution in [-0.2, 0) is 0 Å². The Kier molecular flexibility index (Phi) is 4.81. The van der Waals surface area contributed by atoms with Crippen LogP contribution in [0.25, 0.3) is 11.1 Å². The molecule has 0 spiro atoms. The van der Waals surface area contributed by atoms with Crippen molar-refractivity contribution in [2.24, 2.45) is 0 Å². The molecule has 0 radical (unpaired) electrons. The normalized spacial score (nSPS) is 12.0. The van der Waals surface area contributed by atoms with E-state index in [0.29, 0.717) is 22.6 Å². The second-order valence-corrected chi connectivity index (χ2v) is 4.79. The van der Waals surface area contributed by atoms with Gasteiger partial charge in [0.25, 0.3) is 0 Å². The molecular weight excluding hydrogens is 269 g/mol. The van der Waals surface area contributed by atoms with Crippen LogP contribution < -0.4 is 14.8 Å². The van der Waals surface area contributed by atoms with Gasteiger partial charge in [-0.25, -0.2) is 4.39 Å². The fourth-order valence-electron chi connectivity index (χ4n) is 2.28. The van der Waals surface area contributed by atoms with Crippen LogP contribution in [0.15, 0.2) is 36.4 Å². The van der Waals surface area contributed by atoms with Crippen LogP contribution >= 0.6 is 0 Å². The third-order valence-electron chi connectivity index (χ3n) is 3.60. The topological polar surface area (TPSA) is 30.5 Å². The number of methoxy groups -OCH3 is 2. The van der Waals surface area contributed by atoms with E-state index in [0.717, 1.165) is 5.56 Å². The molecule has 3 nitrogen and oxygen atoms in total. The summed E-state index contributed by atoms with van der Waals surface area (Å²) in [6.07, 6.45) is 0. The highest BCUT2D eigenvalue weighted by Crippen LogP contribution is 2.41. The first-order valence-electron chi connectivity index (χ1n) is 6.80. The summed E-state index contributed by atoms with van der Waals surface area (Å²) in [6.45, 7) is 2.03. The minimum atomic E-state index is -0.285. The van der Waals surface area contributed by atoms with Crippen molar-refractivity contribution in [1.29, 1.82) is 0 Å². The molecule has 1 atom stereocenters. The maximum Gasteiger partial charge on any atom is 0.168 e. The standard InChI is InChI=1S/C17H20FNO2/c1-11(19-2)12-9-14(13-7-5-6-8-15(13)18)17(21-4)16(10-12)20-3/h5-11,19H,1-4H3. The predicted molar refractivity (Wildman–Crippen MR) is 82.4 cm³/mol. The van der Waals surface area contributed by atoms with Gasteiger partial charge in [0, 0.05) is 17.2 Å². The Morgan fingerprint density at radius 3 is 2.33 bits per heavy atom. The van der Waals surface area contributed by atoms with Crippen molar-refractivity contribution in [3.8, 4) is 22.6 Å². The number of rotatable bonds is 5. The average Bonchev–Trinajstić information content (AvgIpc) is 2.53. The lowest BCUT2D eigenvalue weighted by Gasteiger charge is -2.18. The molecule has 0 bridgehead atoms. The van der Waals surface area contributed by atoms with Crippen LogP contribution in [0.5, 0.6) is 11.5 Å². The van der Waals surface area contributed by atoms with Crippen molar-refractivity contribution >= 4 is 0 Å². The summed E-state index contributed by atoms with van der Waals surface area (Å²) in [5.74, 6) is 0.845. The zero-order valence-corrected chi connectivity index (χ0v) is 12.7. The first kappa shape index (κ1) is 15.3. The fourth-order valence-corrected chi connectivity index (χ4v) is 2.28. The molecule has 0 aromatic heterocycles. The fraction of sp³-hybridized carbons (Fsp3) is 0.294. The van der Waals surface area contributed by atoms with Crippen LogP contribution in [-0.4, -0.2) is 21.3 Å². The summed E-state index contributed by atoms with van der Waals surface area (Å²) < 4.78 is 25.0. The summed E-state index contributed by atoms with van der Waals surface area (Å²) in [5.41, 5.74) is 2.19. The summed E-state index contributed by atoms with van der Waals surface area (Å²) in [7, 11) is 5.02. The Hall–Kier alpha value is -2.07. The molecule has 0 saturated carbocycles. The quantitative estimate of drug-likeness (QED) is 0.908. The summed E-state index contributed by atoms with van der Waals surface area (Å²) >= 11 is 0. The van der Waals surface area contributed by atoms with Crippen molar-refractivity contribution in [2.75, 3.05) is 21.3 Å². The van der Waals surface area contributed by atoms with Gasteiger partial charge in [0.1, 0.15) is 5.82 Å². The van der Waals surface area contributed by atoms with Crippen LogP contribution in [0.1, 0.15) is 18.5 Å². The highest BCUT2D eigenvalue weighted by Gasteiger charge is 2.18. The number of ether oxygens (including phenoxy) is 2. The summed E-state index contributed by atoms with van der Waals surface area (Å²) in [5, 5.41) is 3.17. The number of hydrogen-bond donors (Lipinski definition) is 1. The van der Waals surface area contributed by atoms with Gasteiger partial charge in [-0.15, -0.1) is 0 Å². The number of nitrogens with one attached hydrogen (secondary N) is 1. The van der Waals surface area contributed by atoms with Gasteiger partial charge in [-0.05, 0) is 37.7 Å². The molecule has 4 heteroatoms. The van der Waals surface area contributed by atoms with Gasteiger partial charge in [-0.3, -0.25) is 0 Å². The van der Waals surface area contributed by atoms with Gasteiger partial charge in [0.05, 0.1) is 14.2 Å². The molecule has 0 fully saturated rings. The zero-order valence-electron chi connectivity index (χ0n) is 12.7. The lowest BCUT2D eigenvalue weighted by molar-refractivity contribution is 0.355. The Balaban J connectivity index is 2.70. The number of hydrogen-bond acceptors (Lipinski definition) is 3. The zero-order chi connectivity index (χ0) is 15.4. The first-order chi connectivity index (χ1) is 10.1. The molecule has 2 aromatic carbocycles. The van der Waals surface area contributed by atoms with Gasteiger partial charge in [-0.2, -0.15) is 0 Å². The van der Waals surface area contributed by atoms with E-state index in [4.69, 9.17) is 9.47 Å². The molecule has 2 aromatic rings. The highest BCUT2D eigenvalue weighted by molar-refractivity contribution is 5.75. The van der Waals surface area contributed by atoms with Crippen LogP contribution in [0.4, 0.5) is 4.39 Å². The van der Waals surface area contributed by atoms with Crippen molar-refractivity contribution in [3.05, 3.63) is 47.8 Å². The molecule has 2 rings (SSSR count). The van der Waals surface area contributed by atoms with Crippen molar-refractivity contribution in [2.45, 2.75) is 13.0 Å². The monoisotopic (exact) mass is 289 g/mol. The molecule has 0 heterocycles. The maximum absolute atomic E-state index is 14.1. The van der Waals surface area contributed by atoms with Crippen molar-refractivity contribution in [1.82, 2.24) is 5.32 Å². The molecule has 0 aliphatic carbocycles. The van der Waals surface area contributed by atoms with Crippen LogP contribution in [0.2, 0.25) is 0 Å².